The SMILES string of the molecule is CN(C)C(=O)NCCCCCCS(C)=O. The summed E-state index contributed by atoms with van der Waals surface area (Å²) >= 11 is 0. The highest BCUT2D eigenvalue weighted by Crippen LogP contribution is 1.99. The first-order valence-corrected chi connectivity index (χ1v) is 7.02. The molecule has 2 amide bonds. The molecular formula is C10H22N2O2S. The van der Waals surface area contributed by atoms with Gasteiger partial charge in [0.2, 0.25) is 0 Å². The predicted molar refractivity (Wildman–Crippen MR) is 64.5 cm³/mol. The van der Waals surface area contributed by atoms with E-state index in [2.05, 4.69) is 5.32 Å². The second kappa shape index (κ2) is 8.71. The van der Waals surface area contributed by atoms with E-state index < -0.39 is 10.8 Å². The van der Waals surface area contributed by atoms with Gasteiger partial charge >= 0.3 is 6.03 Å². The van der Waals surface area contributed by atoms with E-state index in [1.165, 1.54) is 4.90 Å². The molecule has 0 saturated heterocycles. The van der Waals surface area contributed by atoms with Crippen LogP contribution in [0.5, 0.6) is 0 Å². The molecule has 1 N–H and O–H groups in total. The fraction of sp³-hybridized carbons (Fsp3) is 0.900. The molecular weight excluding hydrogens is 212 g/mol. The van der Waals surface area contributed by atoms with Crippen LogP contribution >= 0.6 is 0 Å². The Kier molecular flexibility index (Phi) is 8.37. The molecule has 0 aromatic heterocycles. The van der Waals surface area contributed by atoms with Gasteiger partial charge in [-0.3, -0.25) is 4.21 Å². The first-order chi connectivity index (χ1) is 7.04. The van der Waals surface area contributed by atoms with Crippen LogP contribution in [-0.4, -0.2) is 47.8 Å². The van der Waals surface area contributed by atoms with Gasteiger partial charge in [-0.1, -0.05) is 12.8 Å². The van der Waals surface area contributed by atoms with Crippen LogP contribution in [0.4, 0.5) is 4.79 Å². The lowest BCUT2D eigenvalue weighted by atomic mass is 10.2. The van der Waals surface area contributed by atoms with Gasteiger partial charge in [0.1, 0.15) is 0 Å². The number of nitrogens with one attached hydrogen (secondary N) is 1. The Morgan fingerprint density at radius 3 is 2.33 bits per heavy atom. The number of nitrogens with zero attached hydrogens (tertiary/aromatic N) is 1. The van der Waals surface area contributed by atoms with Crippen LogP contribution in [-0.2, 0) is 10.8 Å². The van der Waals surface area contributed by atoms with Crippen molar-refractivity contribution in [3.05, 3.63) is 0 Å². The number of carbonyl (C=O) groups excluding carboxylic acids is 1. The third kappa shape index (κ3) is 9.72. The van der Waals surface area contributed by atoms with Crippen LogP contribution in [0.1, 0.15) is 25.7 Å². The van der Waals surface area contributed by atoms with E-state index in [9.17, 15) is 9.00 Å². The molecule has 1 unspecified atom stereocenters. The van der Waals surface area contributed by atoms with Crippen molar-refractivity contribution < 1.29 is 9.00 Å². The number of unbranched alkanes of at least 4 members (excludes halogenated alkanes) is 3. The Bertz CT molecular complexity index is 208. The minimum absolute atomic E-state index is 0.0374. The number of urea groups is 1. The monoisotopic (exact) mass is 234 g/mol. The first-order valence-electron chi connectivity index (χ1n) is 5.29. The second-order valence-corrected chi connectivity index (χ2v) is 5.37. The smallest absolute Gasteiger partial charge is 0.316 e. The minimum atomic E-state index is -0.663. The Morgan fingerprint density at radius 1 is 1.20 bits per heavy atom. The van der Waals surface area contributed by atoms with Crippen LogP contribution in [0.3, 0.4) is 0 Å². The highest BCUT2D eigenvalue weighted by molar-refractivity contribution is 7.84. The van der Waals surface area contributed by atoms with Gasteiger partial charge in [0, 0.05) is 43.4 Å². The minimum Gasteiger partial charge on any atom is -0.338 e. The van der Waals surface area contributed by atoms with Crippen molar-refractivity contribution >= 4 is 16.8 Å². The molecule has 5 heteroatoms. The fourth-order valence-corrected chi connectivity index (χ4v) is 1.75. The summed E-state index contributed by atoms with van der Waals surface area (Å²) in [5, 5.41) is 2.81. The van der Waals surface area contributed by atoms with Gasteiger partial charge < -0.3 is 10.2 Å². The Hall–Kier alpha value is -0.580. The van der Waals surface area contributed by atoms with E-state index in [-0.39, 0.29) is 6.03 Å². The summed E-state index contributed by atoms with van der Waals surface area (Å²) in [6.07, 6.45) is 5.93. The third-order valence-electron chi connectivity index (χ3n) is 2.04. The molecule has 0 aromatic rings. The van der Waals surface area contributed by atoms with Gasteiger partial charge in [0.25, 0.3) is 0 Å². The van der Waals surface area contributed by atoms with Crippen molar-refractivity contribution in [2.75, 3.05) is 32.6 Å². The van der Waals surface area contributed by atoms with E-state index in [0.29, 0.717) is 0 Å². The summed E-state index contributed by atoms with van der Waals surface area (Å²) in [5.74, 6) is 0.796. The van der Waals surface area contributed by atoms with E-state index in [4.69, 9.17) is 0 Å². The van der Waals surface area contributed by atoms with Crippen LogP contribution < -0.4 is 5.32 Å². The molecule has 0 aliphatic carbocycles. The molecule has 15 heavy (non-hydrogen) atoms. The molecule has 0 fully saturated rings. The van der Waals surface area contributed by atoms with Crippen molar-refractivity contribution in [1.29, 1.82) is 0 Å². The average Bonchev–Trinajstić information content (AvgIpc) is 2.15. The Labute approximate surface area is 94.9 Å². The molecule has 0 aliphatic heterocycles. The molecule has 0 rings (SSSR count). The van der Waals surface area contributed by atoms with Gasteiger partial charge in [-0.2, -0.15) is 0 Å². The fourth-order valence-electron chi connectivity index (χ4n) is 1.14. The third-order valence-corrected chi connectivity index (χ3v) is 2.90. The largest absolute Gasteiger partial charge is 0.338 e. The molecule has 0 spiro atoms. The predicted octanol–water partition coefficient (Wildman–Crippen LogP) is 1.20. The quantitative estimate of drug-likeness (QED) is 0.673. The second-order valence-electron chi connectivity index (χ2n) is 3.82. The van der Waals surface area contributed by atoms with E-state index >= 15 is 0 Å². The van der Waals surface area contributed by atoms with Crippen LogP contribution in [0.2, 0.25) is 0 Å². The zero-order valence-electron chi connectivity index (χ0n) is 9.91. The lowest BCUT2D eigenvalue weighted by Gasteiger charge is -2.11. The normalized spacial score (nSPS) is 12.2. The zero-order chi connectivity index (χ0) is 11.7. The molecule has 0 radical (unpaired) electrons. The van der Waals surface area contributed by atoms with Crippen molar-refractivity contribution in [3.8, 4) is 0 Å². The van der Waals surface area contributed by atoms with Gasteiger partial charge in [-0.25, -0.2) is 4.79 Å². The van der Waals surface area contributed by atoms with Gasteiger partial charge in [-0.05, 0) is 12.8 Å². The van der Waals surface area contributed by atoms with Crippen LogP contribution in [0.25, 0.3) is 0 Å². The molecule has 0 bridgehead atoms. The van der Waals surface area contributed by atoms with Crippen LogP contribution in [0, 0.1) is 0 Å². The number of carbonyl (C=O) groups is 1. The topological polar surface area (TPSA) is 49.4 Å². The summed E-state index contributed by atoms with van der Waals surface area (Å²) in [6, 6.07) is -0.0374. The molecule has 1 atom stereocenters. The van der Waals surface area contributed by atoms with E-state index in [1.807, 2.05) is 0 Å². The highest BCUT2D eigenvalue weighted by Gasteiger charge is 2.00. The number of hydrogen-bond acceptors (Lipinski definition) is 2. The lowest BCUT2D eigenvalue weighted by Crippen LogP contribution is -2.34. The summed E-state index contributed by atoms with van der Waals surface area (Å²) in [7, 11) is 2.79. The summed E-state index contributed by atoms with van der Waals surface area (Å²) in [5.41, 5.74) is 0. The maximum Gasteiger partial charge on any atom is 0.316 e. The van der Waals surface area contributed by atoms with E-state index in [1.54, 1.807) is 20.4 Å². The molecule has 0 heterocycles. The van der Waals surface area contributed by atoms with Crippen molar-refractivity contribution in [1.82, 2.24) is 10.2 Å². The molecule has 4 nitrogen and oxygen atoms in total. The summed E-state index contributed by atoms with van der Waals surface area (Å²) < 4.78 is 10.7. The molecule has 90 valence electrons. The Morgan fingerprint density at radius 2 is 1.80 bits per heavy atom. The summed E-state index contributed by atoms with van der Waals surface area (Å²) in [6.45, 7) is 0.728. The number of rotatable bonds is 7. The summed E-state index contributed by atoms with van der Waals surface area (Å²) in [4.78, 5) is 12.6. The maximum atomic E-state index is 11.1. The van der Waals surface area contributed by atoms with Gasteiger partial charge in [-0.15, -0.1) is 0 Å². The Balaban J connectivity index is 3.18. The number of hydrogen-bond donors (Lipinski definition) is 1. The highest BCUT2D eigenvalue weighted by atomic mass is 32.2. The zero-order valence-corrected chi connectivity index (χ0v) is 10.7. The lowest BCUT2D eigenvalue weighted by molar-refractivity contribution is 0.217. The molecule has 0 saturated carbocycles. The standard InChI is InChI=1S/C10H22N2O2S/c1-12(2)10(13)11-8-6-4-5-7-9-15(3)14/h4-9H2,1-3H3,(H,11,13). The van der Waals surface area contributed by atoms with Crippen LogP contribution in [0.15, 0.2) is 0 Å². The molecule has 0 aromatic carbocycles. The average molecular weight is 234 g/mol. The first kappa shape index (κ1) is 14.4. The van der Waals surface area contributed by atoms with E-state index in [0.717, 1.165) is 38.0 Å². The molecule has 0 aliphatic rings. The van der Waals surface area contributed by atoms with Gasteiger partial charge in [0.15, 0.2) is 0 Å². The maximum absolute atomic E-state index is 11.1. The van der Waals surface area contributed by atoms with Gasteiger partial charge in [0.05, 0.1) is 0 Å². The number of amides is 2. The van der Waals surface area contributed by atoms with Crippen molar-refractivity contribution in [2.24, 2.45) is 0 Å². The van der Waals surface area contributed by atoms with Crippen molar-refractivity contribution in [3.63, 3.8) is 0 Å². The van der Waals surface area contributed by atoms with Crippen molar-refractivity contribution in [2.45, 2.75) is 25.7 Å².